The summed E-state index contributed by atoms with van der Waals surface area (Å²) in [5, 5.41) is 4.13. The van der Waals surface area contributed by atoms with Crippen LogP contribution in [0.1, 0.15) is 38.5 Å². The van der Waals surface area contributed by atoms with Gasteiger partial charge in [-0.3, -0.25) is 0 Å². The Balaban J connectivity index is 2.19. The largest absolute Gasteiger partial charge is 0.491 e. The van der Waals surface area contributed by atoms with Gasteiger partial charge in [-0.1, -0.05) is 25.4 Å². The lowest BCUT2D eigenvalue weighted by atomic mass is 10.1. The average molecular weight is 294 g/mol. The lowest BCUT2D eigenvalue weighted by Gasteiger charge is -2.19. The molecule has 0 bridgehead atoms. The summed E-state index contributed by atoms with van der Waals surface area (Å²) in [7, 11) is 0. The van der Waals surface area contributed by atoms with Crippen LogP contribution in [0.3, 0.4) is 0 Å². The maximum atomic E-state index is 6.08. The van der Waals surface area contributed by atoms with Gasteiger partial charge >= 0.3 is 0 Å². The zero-order valence-corrected chi connectivity index (χ0v) is 12.6. The predicted molar refractivity (Wildman–Crippen MR) is 82.6 cm³/mol. The number of hydrogen-bond donors (Lipinski definition) is 1. The number of anilines is 1. The molecule has 2 aromatic rings. The van der Waals surface area contributed by atoms with Crippen molar-refractivity contribution in [3.63, 3.8) is 0 Å². The van der Waals surface area contributed by atoms with Crippen molar-refractivity contribution in [2.75, 3.05) is 11.9 Å². The van der Waals surface area contributed by atoms with E-state index < -0.39 is 0 Å². The fourth-order valence-electron chi connectivity index (χ4n) is 2.00. The van der Waals surface area contributed by atoms with E-state index in [1.807, 2.05) is 30.3 Å². The molecule has 1 aromatic heterocycles. The summed E-state index contributed by atoms with van der Waals surface area (Å²) in [6.07, 6.45) is 3.57. The molecule has 0 fully saturated rings. The molecular formula is C16H20ClNO2. The maximum absolute atomic E-state index is 6.08. The van der Waals surface area contributed by atoms with Crippen LogP contribution in [-0.4, -0.2) is 6.61 Å². The number of nitrogens with one attached hydrogen (secondary N) is 1. The van der Waals surface area contributed by atoms with Gasteiger partial charge in [-0.05, 0) is 43.2 Å². The van der Waals surface area contributed by atoms with Gasteiger partial charge in [0, 0.05) is 5.02 Å². The van der Waals surface area contributed by atoms with Crippen molar-refractivity contribution >= 4 is 17.3 Å². The highest BCUT2D eigenvalue weighted by atomic mass is 35.5. The summed E-state index contributed by atoms with van der Waals surface area (Å²) in [6.45, 7) is 4.88. The van der Waals surface area contributed by atoms with E-state index in [4.69, 9.17) is 20.8 Å². The molecule has 3 nitrogen and oxygen atoms in total. The van der Waals surface area contributed by atoms with Crippen molar-refractivity contribution in [1.29, 1.82) is 0 Å². The van der Waals surface area contributed by atoms with E-state index in [2.05, 4.69) is 19.2 Å². The van der Waals surface area contributed by atoms with Gasteiger partial charge in [0.05, 0.1) is 24.6 Å². The van der Waals surface area contributed by atoms with E-state index >= 15 is 0 Å². The Kier molecular flexibility index (Phi) is 5.36. The van der Waals surface area contributed by atoms with Crippen LogP contribution in [0.15, 0.2) is 41.0 Å². The van der Waals surface area contributed by atoms with Gasteiger partial charge in [0.1, 0.15) is 11.5 Å². The third-order valence-corrected chi connectivity index (χ3v) is 3.26. The zero-order chi connectivity index (χ0) is 14.4. The normalized spacial score (nSPS) is 12.2. The van der Waals surface area contributed by atoms with Gasteiger partial charge in [0.2, 0.25) is 0 Å². The minimum atomic E-state index is 0.104. The second kappa shape index (κ2) is 7.25. The number of benzene rings is 1. The molecule has 4 heteroatoms. The first kappa shape index (κ1) is 14.8. The summed E-state index contributed by atoms with van der Waals surface area (Å²) in [6, 6.07) is 9.59. The van der Waals surface area contributed by atoms with Crippen LogP contribution < -0.4 is 10.1 Å². The molecule has 0 radical (unpaired) electrons. The molecule has 1 N–H and O–H groups in total. The topological polar surface area (TPSA) is 34.4 Å². The molecule has 108 valence electrons. The molecular weight excluding hydrogens is 274 g/mol. The van der Waals surface area contributed by atoms with Crippen molar-refractivity contribution < 1.29 is 9.15 Å². The average Bonchev–Trinajstić information content (AvgIpc) is 2.97. The lowest BCUT2D eigenvalue weighted by Crippen LogP contribution is -2.10. The molecule has 0 spiro atoms. The second-order valence-corrected chi connectivity index (χ2v) is 5.05. The van der Waals surface area contributed by atoms with Crippen molar-refractivity contribution in [3.8, 4) is 5.75 Å². The van der Waals surface area contributed by atoms with Crippen LogP contribution >= 0.6 is 11.6 Å². The standard InChI is InChI=1S/C16H20ClNO2/c1-3-9-19-16-8-7-12(17)11-14(16)18-13(4-2)15-6-5-10-20-15/h5-8,10-11,13,18H,3-4,9H2,1-2H3. The van der Waals surface area contributed by atoms with E-state index in [0.29, 0.717) is 11.6 Å². The van der Waals surface area contributed by atoms with E-state index in [1.165, 1.54) is 0 Å². The van der Waals surface area contributed by atoms with Gasteiger partial charge < -0.3 is 14.5 Å². The molecule has 0 aliphatic carbocycles. The van der Waals surface area contributed by atoms with Gasteiger partial charge in [-0.25, -0.2) is 0 Å². The van der Waals surface area contributed by atoms with Crippen LogP contribution in [0.4, 0.5) is 5.69 Å². The summed E-state index contributed by atoms with van der Waals surface area (Å²) in [4.78, 5) is 0. The number of halogens is 1. The lowest BCUT2D eigenvalue weighted by molar-refractivity contribution is 0.318. The number of furan rings is 1. The summed E-state index contributed by atoms with van der Waals surface area (Å²) < 4.78 is 11.2. The van der Waals surface area contributed by atoms with Crippen molar-refractivity contribution in [3.05, 3.63) is 47.4 Å². The molecule has 0 saturated carbocycles. The van der Waals surface area contributed by atoms with E-state index in [1.54, 1.807) is 6.26 Å². The van der Waals surface area contributed by atoms with E-state index in [9.17, 15) is 0 Å². The van der Waals surface area contributed by atoms with E-state index in [0.717, 1.165) is 30.0 Å². The predicted octanol–water partition coefficient (Wildman–Crippen LogP) is 5.29. The Hall–Kier alpha value is -1.61. The van der Waals surface area contributed by atoms with Crippen LogP contribution in [0.25, 0.3) is 0 Å². The first-order valence-electron chi connectivity index (χ1n) is 6.96. The van der Waals surface area contributed by atoms with E-state index in [-0.39, 0.29) is 6.04 Å². The Morgan fingerprint density at radius 1 is 1.30 bits per heavy atom. The highest BCUT2D eigenvalue weighted by Crippen LogP contribution is 2.32. The number of hydrogen-bond acceptors (Lipinski definition) is 3. The quantitative estimate of drug-likeness (QED) is 0.753. The van der Waals surface area contributed by atoms with Crippen LogP contribution in [0.2, 0.25) is 5.02 Å². The molecule has 0 saturated heterocycles. The minimum Gasteiger partial charge on any atom is -0.491 e. The van der Waals surface area contributed by atoms with Crippen molar-refractivity contribution in [2.24, 2.45) is 0 Å². The smallest absolute Gasteiger partial charge is 0.142 e. The second-order valence-electron chi connectivity index (χ2n) is 4.61. The Bertz CT molecular complexity index is 525. The fraction of sp³-hybridized carbons (Fsp3) is 0.375. The van der Waals surface area contributed by atoms with Crippen molar-refractivity contribution in [2.45, 2.75) is 32.7 Å². The molecule has 1 unspecified atom stereocenters. The zero-order valence-electron chi connectivity index (χ0n) is 11.9. The third-order valence-electron chi connectivity index (χ3n) is 3.03. The van der Waals surface area contributed by atoms with Crippen LogP contribution in [0, 0.1) is 0 Å². The molecule has 20 heavy (non-hydrogen) atoms. The number of ether oxygens (including phenoxy) is 1. The van der Waals surface area contributed by atoms with Crippen LogP contribution in [-0.2, 0) is 0 Å². The molecule has 1 heterocycles. The van der Waals surface area contributed by atoms with Gasteiger partial charge in [0.15, 0.2) is 0 Å². The Labute approximate surface area is 124 Å². The van der Waals surface area contributed by atoms with Crippen molar-refractivity contribution in [1.82, 2.24) is 0 Å². The highest BCUT2D eigenvalue weighted by Gasteiger charge is 2.14. The fourth-order valence-corrected chi connectivity index (χ4v) is 2.18. The molecule has 0 aliphatic heterocycles. The monoisotopic (exact) mass is 293 g/mol. The molecule has 0 aliphatic rings. The van der Waals surface area contributed by atoms with Gasteiger partial charge in [0.25, 0.3) is 0 Å². The maximum Gasteiger partial charge on any atom is 0.142 e. The van der Waals surface area contributed by atoms with Gasteiger partial charge in [-0.2, -0.15) is 0 Å². The Morgan fingerprint density at radius 3 is 2.80 bits per heavy atom. The molecule has 1 atom stereocenters. The summed E-state index contributed by atoms with van der Waals surface area (Å²) >= 11 is 6.08. The van der Waals surface area contributed by atoms with Crippen LogP contribution in [0.5, 0.6) is 5.75 Å². The van der Waals surface area contributed by atoms with Gasteiger partial charge in [-0.15, -0.1) is 0 Å². The SMILES string of the molecule is CCCOc1ccc(Cl)cc1NC(CC)c1ccco1. The Morgan fingerprint density at radius 2 is 2.15 bits per heavy atom. The molecule has 0 amide bonds. The molecule has 2 rings (SSSR count). The minimum absolute atomic E-state index is 0.104. The first-order chi connectivity index (χ1) is 9.74. The first-order valence-corrected chi connectivity index (χ1v) is 7.34. The third kappa shape index (κ3) is 3.70. The number of rotatable bonds is 7. The summed E-state index contributed by atoms with van der Waals surface area (Å²) in [5.41, 5.74) is 0.897. The highest BCUT2D eigenvalue weighted by molar-refractivity contribution is 6.30. The summed E-state index contributed by atoms with van der Waals surface area (Å²) in [5.74, 6) is 1.73. The molecule has 1 aromatic carbocycles.